The molecule has 2 rings (SSSR count). The Hall–Kier alpha value is -1.20. The van der Waals surface area contributed by atoms with Crippen molar-refractivity contribution in [3.63, 3.8) is 0 Å². The average Bonchev–Trinajstić information content (AvgIpc) is 2.30. The van der Waals surface area contributed by atoms with Crippen LogP contribution in [-0.4, -0.2) is 36.7 Å². The third kappa shape index (κ3) is 2.00. The maximum atomic E-state index is 5.05. The summed E-state index contributed by atoms with van der Waals surface area (Å²) in [4.78, 5) is 8.50. The van der Waals surface area contributed by atoms with Gasteiger partial charge in [0.15, 0.2) is 0 Å². The topological polar surface area (TPSA) is 59.1 Å². The lowest BCUT2D eigenvalue weighted by molar-refractivity contribution is 0.379. The Kier molecular flexibility index (Phi) is 2.90. The molecule has 1 aromatic heterocycles. The number of piperazine rings is 1. The minimum atomic E-state index is 0.193. The summed E-state index contributed by atoms with van der Waals surface area (Å²) in [6.07, 6.45) is 1.72. The number of aromatic nitrogens is 2. The van der Waals surface area contributed by atoms with Crippen LogP contribution in [0.15, 0.2) is 12.3 Å². The second-order valence-corrected chi connectivity index (χ2v) is 3.17. The van der Waals surface area contributed by atoms with E-state index in [1.807, 2.05) is 0 Å². The lowest BCUT2D eigenvalue weighted by atomic mass is 10.2. The van der Waals surface area contributed by atoms with Gasteiger partial charge in [0, 0.05) is 31.9 Å². The molecule has 5 nitrogen and oxygen atoms in total. The smallest absolute Gasteiger partial charge is 0.216 e. The molecule has 1 atom stereocenters. The fraction of sp³-hybridized carbons (Fsp3) is 0.556. The molecule has 0 aromatic carbocycles. The molecule has 76 valence electrons. The molecule has 1 saturated heterocycles. The number of methoxy groups -OCH3 is 1. The number of rotatable bonds is 2. The van der Waals surface area contributed by atoms with Crippen molar-refractivity contribution >= 4 is 0 Å². The van der Waals surface area contributed by atoms with Crippen LogP contribution in [0.25, 0.3) is 0 Å². The zero-order chi connectivity index (χ0) is 9.80. The molecule has 1 aromatic rings. The Morgan fingerprint density at radius 2 is 2.43 bits per heavy atom. The van der Waals surface area contributed by atoms with Gasteiger partial charge >= 0.3 is 0 Å². The zero-order valence-electron chi connectivity index (χ0n) is 8.16. The van der Waals surface area contributed by atoms with Crippen LogP contribution >= 0.6 is 0 Å². The van der Waals surface area contributed by atoms with E-state index in [1.54, 1.807) is 19.4 Å². The SMILES string of the molecule is COc1ccnc(C2CNCCN2)n1. The van der Waals surface area contributed by atoms with Crippen molar-refractivity contribution in [2.75, 3.05) is 26.7 Å². The van der Waals surface area contributed by atoms with Gasteiger partial charge in [0.2, 0.25) is 5.88 Å². The maximum absolute atomic E-state index is 5.05. The molecular weight excluding hydrogens is 180 g/mol. The van der Waals surface area contributed by atoms with Gasteiger partial charge in [-0.05, 0) is 0 Å². The molecule has 1 unspecified atom stereocenters. The molecular formula is C9H14N4O. The summed E-state index contributed by atoms with van der Waals surface area (Å²) in [5.74, 6) is 1.40. The lowest BCUT2D eigenvalue weighted by Gasteiger charge is -2.23. The highest BCUT2D eigenvalue weighted by molar-refractivity contribution is 5.10. The van der Waals surface area contributed by atoms with E-state index >= 15 is 0 Å². The summed E-state index contributed by atoms with van der Waals surface area (Å²) in [6, 6.07) is 1.94. The first-order chi connectivity index (χ1) is 6.90. The van der Waals surface area contributed by atoms with Gasteiger partial charge in [-0.1, -0.05) is 0 Å². The van der Waals surface area contributed by atoms with E-state index in [-0.39, 0.29) is 6.04 Å². The largest absolute Gasteiger partial charge is 0.481 e. The summed E-state index contributed by atoms with van der Waals surface area (Å²) in [6.45, 7) is 2.82. The maximum Gasteiger partial charge on any atom is 0.216 e. The molecule has 1 aliphatic heterocycles. The Morgan fingerprint density at radius 1 is 1.50 bits per heavy atom. The third-order valence-electron chi connectivity index (χ3n) is 2.21. The predicted octanol–water partition coefficient (Wildman–Crippen LogP) is -0.281. The van der Waals surface area contributed by atoms with Crippen LogP contribution < -0.4 is 15.4 Å². The molecule has 1 fully saturated rings. The Morgan fingerprint density at radius 3 is 3.14 bits per heavy atom. The van der Waals surface area contributed by atoms with E-state index in [2.05, 4.69) is 20.6 Å². The van der Waals surface area contributed by atoms with E-state index < -0.39 is 0 Å². The summed E-state index contributed by atoms with van der Waals surface area (Å²) < 4.78 is 5.05. The fourth-order valence-electron chi connectivity index (χ4n) is 1.47. The monoisotopic (exact) mass is 194 g/mol. The molecule has 14 heavy (non-hydrogen) atoms. The average molecular weight is 194 g/mol. The van der Waals surface area contributed by atoms with Gasteiger partial charge < -0.3 is 15.4 Å². The fourth-order valence-corrected chi connectivity index (χ4v) is 1.47. The van der Waals surface area contributed by atoms with Crippen LogP contribution in [0.5, 0.6) is 5.88 Å². The molecule has 1 aliphatic rings. The Labute approximate surface area is 82.9 Å². The van der Waals surface area contributed by atoms with E-state index in [1.165, 1.54) is 0 Å². The van der Waals surface area contributed by atoms with E-state index in [9.17, 15) is 0 Å². The van der Waals surface area contributed by atoms with Gasteiger partial charge in [0.1, 0.15) is 5.82 Å². The molecule has 0 saturated carbocycles. The number of nitrogens with one attached hydrogen (secondary N) is 2. The Balaban J connectivity index is 2.13. The summed E-state index contributed by atoms with van der Waals surface area (Å²) in [5.41, 5.74) is 0. The standard InChI is InChI=1S/C9H14N4O/c1-14-8-2-3-12-9(13-8)7-6-10-4-5-11-7/h2-3,7,10-11H,4-6H2,1H3. The minimum absolute atomic E-state index is 0.193. The highest BCUT2D eigenvalue weighted by Gasteiger charge is 2.16. The molecule has 0 amide bonds. The first kappa shape index (κ1) is 9.36. The second kappa shape index (κ2) is 4.34. The van der Waals surface area contributed by atoms with Crippen LogP contribution in [0.4, 0.5) is 0 Å². The number of hydrogen-bond donors (Lipinski definition) is 2. The van der Waals surface area contributed by atoms with Crippen LogP contribution in [-0.2, 0) is 0 Å². The molecule has 0 spiro atoms. The quantitative estimate of drug-likeness (QED) is 0.678. The number of hydrogen-bond acceptors (Lipinski definition) is 5. The second-order valence-electron chi connectivity index (χ2n) is 3.17. The van der Waals surface area contributed by atoms with E-state index in [4.69, 9.17) is 4.74 Å². The first-order valence-corrected chi connectivity index (χ1v) is 4.71. The van der Waals surface area contributed by atoms with Crippen LogP contribution in [0.2, 0.25) is 0 Å². The van der Waals surface area contributed by atoms with Crippen LogP contribution in [0, 0.1) is 0 Å². The van der Waals surface area contributed by atoms with Gasteiger partial charge in [-0.15, -0.1) is 0 Å². The highest BCUT2D eigenvalue weighted by atomic mass is 16.5. The molecule has 2 N–H and O–H groups in total. The zero-order valence-corrected chi connectivity index (χ0v) is 8.16. The molecule has 5 heteroatoms. The van der Waals surface area contributed by atoms with Gasteiger partial charge in [-0.2, -0.15) is 4.98 Å². The summed E-state index contributed by atoms with van der Waals surface area (Å²) >= 11 is 0. The van der Waals surface area contributed by atoms with Crippen LogP contribution in [0.3, 0.4) is 0 Å². The molecule has 2 heterocycles. The minimum Gasteiger partial charge on any atom is -0.481 e. The Bertz CT molecular complexity index is 299. The highest BCUT2D eigenvalue weighted by Crippen LogP contribution is 2.11. The van der Waals surface area contributed by atoms with E-state index in [0.29, 0.717) is 5.88 Å². The van der Waals surface area contributed by atoms with Crippen molar-refractivity contribution < 1.29 is 4.74 Å². The molecule has 0 aliphatic carbocycles. The predicted molar refractivity (Wildman–Crippen MR) is 52.2 cm³/mol. The number of nitrogens with zero attached hydrogens (tertiary/aromatic N) is 2. The van der Waals surface area contributed by atoms with Crippen molar-refractivity contribution in [3.05, 3.63) is 18.1 Å². The van der Waals surface area contributed by atoms with Crippen molar-refractivity contribution in [1.82, 2.24) is 20.6 Å². The normalized spacial score (nSPS) is 21.9. The van der Waals surface area contributed by atoms with E-state index in [0.717, 1.165) is 25.5 Å². The lowest BCUT2D eigenvalue weighted by Crippen LogP contribution is -2.43. The van der Waals surface area contributed by atoms with Gasteiger partial charge in [0.05, 0.1) is 13.2 Å². The van der Waals surface area contributed by atoms with Gasteiger partial charge in [-0.3, -0.25) is 0 Å². The summed E-state index contributed by atoms with van der Waals surface area (Å²) in [5, 5.41) is 6.63. The number of ether oxygens (including phenoxy) is 1. The first-order valence-electron chi connectivity index (χ1n) is 4.71. The molecule has 0 bridgehead atoms. The molecule has 0 radical (unpaired) electrons. The van der Waals surface area contributed by atoms with Crippen molar-refractivity contribution in [3.8, 4) is 5.88 Å². The third-order valence-corrected chi connectivity index (χ3v) is 2.21. The van der Waals surface area contributed by atoms with Gasteiger partial charge in [-0.25, -0.2) is 4.98 Å². The van der Waals surface area contributed by atoms with Crippen LogP contribution in [0.1, 0.15) is 11.9 Å². The van der Waals surface area contributed by atoms with Crippen molar-refractivity contribution in [1.29, 1.82) is 0 Å². The van der Waals surface area contributed by atoms with Crippen molar-refractivity contribution in [2.24, 2.45) is 0 Å². The summed E-state index contributed by atoms with van der Waals surface area (Å²) in [7, 11) is 1.61. The van der Waals surface area contributed by atoms with Gasteiger partial charge in [0.25, 0.3) is 0 Å². The van der Waals surface area contributed by atoms with Crippen molar-refractivity contribution in [2.45, 2.75) is 6.04 Å².